The van der Waals surface area contributed by atoms with Crippen LogP contribution in [0.2, 0.25) is 0 Å². The maximum Gasteiger partial charge on any atom is 0.351 e. The number of halogens is 2. The van der Waals surface area contributed by atoms with Crippen molar-refractivity contribution in [3.63, 3.8) is 0 Å². The second kappa shape index (κ2) is 7.16. The fraction of sp³-hybridized carbons (Fsp3) is 0.118. The highest BCUT2D eigenvalue weighted by atomic mass is 32.1. The van der Waals surface area contributed by atoms with Gasteiger partial charge in [0.05, 0.1) is 17.5 Å². The van der Waals surface area contributed by atoms with Gasteiger partial charge >= 0.3 is 17.6 Å². The lowest BCUT2D eigenvalue weighted by Gasteiger charge is -2.18. The van der Waals surface area contributed by atoms with Crippen molar-refractivity contribution in [2.45, 2.75) is 0 Å². The van der Waals surface area contributed by atoms with E-state index < -0.39 is 29.3 Å². The second-order valence-electron chi connectivity index (χ2n) is 5.36. The van der Waals surface area contributed by atoms with E-state index in [1.165, 1.54) is 19.2 Å². The van der Waals surface area contributed by atoms with E-state index in [0.717, 1.165) is 35.5 Å². The van der Waals surface area contributed by atoms with Gasteiger partial charge in [-0.15, -0.1) is 11.3 Å². The zero-order valence-corrected chi connectivity index (χ0v) is 14.9. The van der Waals surface area contributed by atoms with Crippen LogP contribution < -0.4 is 15.8 Å². The smallest absolute Gasteiger partial charge is 0.351 e. The predicted molar refractivity (Wildman–Crippen MR) is 95.5 cm³/mol. The van der Waals surface area contributed by atoms with E-state index in [0.29, 0.717) is 15.8 Å². The van der Waals surface area contributed by atoms with Crippen molar-refractivity contribution >= 4 is 44.3 Å². The molecule has 0 unspecified atom stereocenters. The van der Waals surface area contributed by atoms with Gasteiger partial charge in [0.1, 0.15) is 22.2 Å². The molecule has 0 spiro atoms. The van der Waals surface area contributed by atoms with Gasteiger partial charge in [-0.25, -0.2) is 23.2 Å². The molecular formula is C17H12F2N2O5S. The third-order valence-electron chi connectivity index (χ3n) is 3.63. The molecule has 2 aromatic heterocycles. The molecule has 140 valence electrons. The van der Waals surface area contributed by atoms with Gasteiger partial charge in [0.25, 0.3) is 0 Å². The summed E-state index contributed by atoms with van der Waals surface area (Å²) in [5.74, 6) is -2.49. The largest absolute Gasteiger partial charge is 0.465 e. The highest BCUT2D eigenvalue weighted by Crippen LogP contribution is 2.30. The minimum Gasteiger partial charge on any atom is -0.465 e. The summed E-state index contributed by atoms with van der Waals surface area (Å²) in [6.07, 6.45) is 0. The quantitative estimate of drug-likeness (QED) is 0.686. The first kappa shape index (κ1) is 18.5. The summed E-state index contributed by atoms with van der Waals surface area (Å²) in [5, 5.41) is 2.82. The Balaban J connectivity index is 1.86. The number of hydrogen-bond acceptors (Lipinski definition) is 6. The number of carbonyl (C=O) groups excluding carboxylic acids is 2. The molecule has 0 aliphatic carbocycles. The Morgan fingerprint density at radius 3 is 2.63 bits per heavy atom. The van der Waals surface area contributed by atoms with Crippen LogP contribution in [0.4, 0.5) is 24.3 Å². The third-order valence-corrected chi connectivity index (χ3v) is 4.61. The van der Waals surface area contributed by atoms with Gasteiger partial charge in [0.15, 0.2) is 5.58 Å². The Labute approximate surface area is 154 Å². The average Bonchev–Trinajstić information content (AvgIpc) is 3.00. The van der Waals surface area contributed by atoms with E-state index in [-0.39, 0.29) is 16.8 Å². The van der Waals surface area contributed by atoms with Crippen LogP contribution in [0.5, 0.6) is 0 Å². The highest BCUT2D eigenvalue weighted by molar-refractivity contribution is 7.22. The number of anilines is 2. The van der Waals surface area contributed by atoms with E-state index in [4.69, 9.17) is 4.42 Å². The van der Waals surface area contributed by atoms with Crippen molar-refractivity contribution in [1.29, 1.82) is 0 Å². The summed E-state index contributed by atoms with van der Waals surface area (Å²) < 4.78 is 36.8. The van der Waals surface area contributed by atoms with Crippen molar-refractivity contribution in [1.82, 2.24) is 0 Å². The number of benzene rings is 1. The molecule has 3 aromatic rings. The van der Waals surface area contributed by atoms with Gasteiger partial charge < -0.3 is 9.15 Å². The standard InChI is InChI=1S/C17H12F2N2O5S/c1-21(11-4-3-8(18)5-10(11)19)17(24)20-14-7-12-13(27-14)6-9(15(22)25-2)16(23)26-12/h3-7H,1-2H3,(H,20,24). The fourth-order valence-electron chi connectivity index (χ4n) is 2.28. The normalized spacial score (nSPS) is 10.7. The van der Waals surface area contributed by atoms with Gasteiger partial charge in [-0.05, 0) is 18.2 Å². The number of amides is 2. The Morgan fingerprint density at radius 2 is 1.96 bits per heavy atom. The molecule has 0 radical (unpaired) electrons. The van der Waals surface area contributed by atoms with Crippen LogP contribution >= 0.6 is 11.3 Å². The molecule has 7 nitrogen and oxygen atoms in total. The molecule has 0 fully saturated rings. The van der Waals surface area contributed by atoms with Crippen LogP contribution in [-0.2, 0) is 4.74 Å². The first-order valence-electron chi connectivity index (χ1n) is 7.46. The Bertz CT molecular complexity index is 1110. The number of thiophene rings is 1. The molecule has 27 heavy (non-hydrogen) atoms. The van der Waals surface area contributed by atoms with Crippen molar-refractivity contribution in [3.8, 4) is 0 Å². The van der Waals surface area contributed by atoms with E-state index in [2.05, 4.69) is 10.1 Å². The molecule has 0 saturated heterocycles. The molecule has 2 amide bonds. The first-order chi connectivity index (χ1) is 12.8. The number of nitrogens with zero attached hydrogens (tertiary/aromatic N) is 1. The molecule has 0 saturated carbocycles. The number of methoxy groups -OCH3 is 1. The SMILES string of the molecule is COC(=O)c1cc2sc(NC(=O)N(C)c3ccc(F)cc3F)cc2oc1=O. The van der Waals surface area contributed by atoms with Crippen molar-refractivity contribution in [2.24, 2.45) is 0 Å². The summed E-state index contributed by atoms with van der Waals surface area (Å²) in [6.45, 7) is 0. The van der Waals surface area contributed by atoms with Crippen LogP contribution in [0.15, 0.2) is 39.5 Å². The van der Waals surface area contributed by atoms with Crippen LogP contribution in [0.3, 0.4) is 0 Å². The lowest BCUT2D eigenvalue weighted by Crippen LogP contribution is -2.31. The molecule has 0 aliphatic heterocycles. The summed E-state index contributed by atoms with van der Waals surface area (Å²) in [7, 11) is 2.45. The number of carbonyl (C=O) groups is 2. The molecule has 2 heterocycles. The summed E-state index contributed by atoms with van der Waals surface area (Å²) in [5.41, 5.74) is -1.08. The Kier molecular flexibility index (Phi) is 4.91. The number of hydrogen-bond donors (Lipinski definition) is 1. The van der Waals surface area contributed by atoms with Gasteiger partial charge in [0, 0.05) is 19.2 Å². The molecule has 0 atom stereocenters. The molecule has 3 rings (SSSR count). The Hall–Kier alpha value is -3.27. The number of urea groups is 1. The monoisotopic (exact) mass is 394 g/mol. The maximum absolute atomic E-state index is 13.8. The minimum atomic E-state index is -0.891. The van der Waals surface area contributed by atoms with Crippen LogP contribution in [0, 0.1) is 11.6 Å². The second-order valence-corrected chi connectivity index (χ2v) is 6.45. The lowest BCUT2D eigenvalue weighted by molar-refractivity contribution is 0.0596. The van der Waals surface area contributed by atoms with E-state index in [1.807, 2.05) is 0 Å². The van der Waals surface area contributed by atoms with E-state index >= 15 is 0 Å². The predicted octanol–water partition coefficient (Wildman–Crippen LogP) is 3.59. The van der Waals surface area contributed by atoms with Gasteiger partial charge in [-0.3, -0.25) is 10.2 Å². The van der Waals surface area contributed by atoms with Gasteiger partial charge in [-0.2, -0.15) is 0 Å². The lowest BCUT2D eigenvalue weighted by atomic mass is 10.3. The van der Waals surface area contributed by atoms with E-state index in [1.54, 1.807) is 0 Å². The molecule has 1 aromatic carbocycles. The molecule has 0 aliphatic rings. The molecule has 1 N–H and O–H groups in total. The fourth-order valence-corrected chi connectivity index (χ4v) is 3.20. The first-order valence-corrected chi connectivity index (χ1v) is 8.27. The van der Waals surface area contributed by atoms with Crippen LogP contribution in [-0.4, -0.2) is 26.2 Å². The van der Waals surface area contributed by atoms with Crippen LogP contribution in [0.25, 0.3) is 10.3 Å². The number of rotatable bonds is 3. The summed E-state index contributed by atoms with van der Waals surface area (Å²) in [4.78, 5) is 36.6. The van der Waals surface area contributed by atoms with Crippen molar-refractivity contribution < 1.29 is 27.5 Å². The average molecular weight is 394 g/mol. The maximum atomic E-state index is 13.8. The Morgan fingerprint density at radius 1 is 1.22 bits per heavy atom. The van der Waals surface area contributed by atoms with Gasteiger partial charge in [0.2, 0.25) is 0 Å². The molecule has 10 heteroatoms. The highest BCUT2D eigenvalue weighted by Gasteiger charge is 2.19. The summed E-state index contributed by atoms with van der Waals surface area (Å²) >= 11 is 1.04. The summed E-state index contributed by atoms with van der Waals surface area (Å²) in [6, 6.07) is 4.84. The van der Waals surface area contributed by atoms with Crippen molar-refractivity contribution in [3.05, 3.63) is 57.9 Å². The number of nitrogens with one attached hydrogen (secondary N) is 1. The number of fused-ring (bicyclic) bond motifs is 1. The molecular weight excluding hydrogens is 382 g/mol. The van der Waals surface area contributed by atoms with Crippen LogP contribution in [0.1, 0.15) is 10.4 Å². The number of esters is 1. The van der Waals surface area contributed by atoms with Gasteiger partial charge in [-0.1, -0.05) is 0 Å². The topological polar surface area (TPSA) is 88.8 Å². The zero-order valence-electron chi connectivity index (χ0n) is 14.0. The minimum absolute atomic E-state index is 0.116. The van der Waals surface area contributed by atoms with E-state index in [9.17, 15) is 23.2 Å². The zero-order chi connectivity index (χ0) is 19.7. The third kappa shape index (κ3) is 3.65. The molecule has 0 bridgehead atoms. The number of ether oxygens (including phenoxy) is 1. The van der Waals surface area contributed by atoms with Crippen molar-refractivity contribution in [2.75, 3.05) is 24.4 Å².